The number of hydrogen-bond donors (Lipinski definition) is 1. The minimum absolute atomic E-state index is 0.212. The summed E-state index contributed by atoms with van der Waals surface area (Å²) in [7, 11) is 0. The van der Waals surface area contributed by atoms with E-state index in [1.807, 2.05) is 0 Å². The topological polar surface area (TPSA) is 37.8 Å². The molecule has 1 N–H and O–H groups in total. The van der Waals surface area contributed by atoms with Crippen LogP contribution in [0.15, 0.2) is 6.33 Å². The molecule has 0 unspecified atom stereocenters. The van der Waals surface area contributed by atoms with Crippen molar-refractivity contribution in [1.29, 1.82) is 0 Å². The number of nitrogens with zero attached hydrogens (tertiary/aromatic N) is 2. The van der Waals surface area contributed by atoms with Gasteiger partial charge in [-0.2, -0.15) is 0 Å². The van der Waals surface area contributed by atoms with Gasteiger partial charge in [-0.25, -0.2) is 9.97 Å². The molecule has 0 aliphatic heterocycles. The van der Waals surface area contributed by atoms with Crippen molar-refractivity contribution in [2.75, 3.05) is 5.32 Å². The minimum Gasteiger partial charge on any atom is -0.364 e. The van der Waals surface area contributed by atoms with Gasteiger partial charge >= 0.3 is 0 Å². The number of nitrogens with one attached hydrogen (secondary N) is 1. The molecule has 0 saturated heterocycles. The number of fused-ring (bicyclic) bond motifs is 1. The summed E-state index contributed by atoms with van der Waals surface area (Å²) < 4.78 is 0. The van der Waals surface area contributed by atoms with Crippen LogP contribution in [0.1, 0.15) is 43.0 Å². The molecule has 1 aliphatic rings. The third-order valence-electron chi connectivity index (χ3n) is 4.09. The van der Waals surface area contributed by atoms with Crippen molar-refractivity contribution in [1.82, 2.24) is 9.97 Å². The number of anilines is 1. The second-order valence-corrected chi connectivity index (χ2v) is 6.78. The summed E-state index contributed by atoms with van der Waals surface area (Å²) in [6, 6.07) is 0. The first-order chi connectivity index (χ1) is 8.59. The Morgan fingerprint density at radius 1 is 1.22 bits per heavy atom. The first-order valence-electron chi connectivity index (χ1n) is 6.58. The lowest BCUT2D eigenvalue weighted by molar-refractivity contribution is 0.531. The van der Waals surface area contributed by atoms with Gasteiger partial charge in [-0.3, -0.25) is 0 Å². The Kier molecular flexibility index (Phi) is 2.77. The Morgan fingerprint density at radius 3 is 2.67 bits per heavy atom. The molecule has 0 spiro atoms. The summed E-state index contributed by atoms with van der Waals surface area (Å²) in [4.78, 5) is 11.3. The molecule has 96 valence electrons. The number of hydrogen-bond acceptors (Lipinski definition) is 4. The zero-order valence-electron chi connectivity index (χ0n) is 11.2. The van der Waals surface area contributed by atoms with Crippen LogP contribution in [0.25, 0.3) is 10.2 Å². The van der Waals surface area contributed by atoms with Gasteiger partial charge in [0.15, 0.2) is 0 Å². The summed E-state index contributed by atoms with van der Waals surface area (Å²) in [5, 5.41) is 4.89. The molecular formula is C14H19N3S. The van der Waals surface area contributed by atoms with Crippen molar-refractivity contribution >= 4 is 27.4 Å². The quantitative estimate of drug-likeness (QED) is 0.886. The fourth-order valence-corrected chi connectivity index (χ4v) is 3.84. The number of rotatable bonds is 2. The molecule has 0 aromatic carbocycles. The highest BCUT2D eigenvalue weighted by Gasteiger charge is 2.29. The largest absolute Gasteiger partial charge is 0.364 e. The van der Waals surface area contributed by atoms with Crippen LogP contribution in [0.3, 0.4) is 0 Å². The minimum atomic E-state index is 0.212. The van der Waals surface area contributed by atoms with E-state index in [0.29, 0.717) is 0 Å². The van der Waals surface area contributed by atoms with E-state index in [4.69, 9.17) is 0 Å². The lowest BCUT2D eigenvalue weighted by atomic mass is 10.0. The fourth-order valence-electron chi connectivity index (χ4n) is 2.84. The van der Waals surface area contributed by atoms with E-state index >= 15 is 0 Å². The zero-order valence-corrected chi connectivity index (χ0v) is 12.0. The normalized spacial score (nSPS) is 18.4. The van der Waals surface area contributed by atoms with Crippen molar-refractivity contribution in [2.24, 2.45) is 0 Å². The van der Waals surface area contributed by atoms with Crippen LogP contribution in [0.5, 0.6) is 0 Å². The molecular weight excluding hydrogens is 242 g/mol. The first-order valence-corrected chi connectivity index (χ1v) is 7.40. The predicted molar refractivity (Wildman–Crippen MR) is 77.4 cm³/mol. The number of thiophene rings is 1. The molecule has 4 heteroatoms. The average molecular weight is 261 g/mol. The predicted octanol–water partition coefficient (Wildman–Crippen LogP) is 4.05. The maximum atomic E-state index is 4.47. The standard InChI is InChI=1S/C14H19N3S/c1-9-10(2)18-13-11(9)12(15-8-16-13)17-14(3)6-4-5-7-14/h8H,4-7H2,1-3H3,(H,15,16,17). The van der Waals surface area contributed by atoms with Gasteiger partial charge in [-0.1, -0.05) is 12.8 Å². The lowest BCUT2D eigenvalue weighted by Crippen LogP contribution is -2.31. The monoisotopic (exact) mass is 261 g/mol. The van der Waals surface area contributed by atoms with Crippen LogP contribution in [0.2, 0.25) is 0 Å². The van der Waals surface area contributed by atoms with E-state index in [1.54, 1.807) is 17.7 Å². The fraction of sp³-hybridized carbons (Fsp3) is 0.571. The van der Waals surface area contributed by atoms with Gasteiger partial charge in [0.25, 0.3) is 0 Å². The summed E-state index contributed by atoms with van der Waals surface area (Å²) in [6.07, 6.45) is 6.79. The summed E-state index contributed by atoms with van der Waals surface area (Å²) in [5.41, 5.74) is 1.53. The van der Waals surface area contributed by atoms with Gasteiger partial charge in [-0.15, -0.1) is 11.3 Å². The maximum Gasteiger partial charge on any atom is 0.138 e. The molecule has 0 amide bonds. The molecule has 1 aliphatic carbocycles. The SMILES string of the molecule is Cc1sc2ncnc(NC3(C)CCCC3)c2c1C. The van der Waals surface area contributed by atoms with Crippen LogP contribution < -0.4 is 5.32 Å². The van der Waals surface area contributed by atoms with Crippen LogP contribution >= 0.6 is 11.3 Å². The Bertz CT molecular complexity index is 582. The van der Waals surface area contributed by atoms with E-state index in [0.717, 1.165) is 10.6 Å². The third kappa shape index (κ3) is 1.88. The molecule has 3 nitrogen and oxygen atoms in total. The van der Waals surface area contributed by atoms with Gasteiger partial charge < -0.3 is 5.32 Å². The number of aryl methyl sites for hydroxylation is 2. The third-order valence-corrected chi connectivity index (χ3v) is 5.21. The smallest absolute Gasteiger partial charge is 0.138 e. The molecule has 0 atom stereocenters. The van der Waals surface area contributed by atoms with Crippen molar-refractivity contribution in [2.45, 2.75) is 52.0 Å². The molecule has 1 saturated carbocycles. The van der Waals surface area contributed by atoms with Crippen LogP contribution in [-0.2, 0) is 0 Å². The maximum absolute atomic E-state index is 4.47. The molecule has 0 bridgehead atoms. The molecule has 2 aromatic heterocycles. The molecule has 0 radical (unpaired) electrons. The van der Waals surface area contributed by atoms with Crippen molar-refractivity contribution < 1.29 is 0 Å². The number of aromatic nitrogens is 2. The molecule has 2 heterocycles. The second kappa shape index (κ2) is 4.19. The van der Waals surface area contributed by atoms with Gasteiger partial charge in [0.2, 0.25) is 0 Å². The zero-order chi connectivity index (χ0) is 12.8. The van der Waals surface area contributed by atoms with Crippen LogP contribution in [0, 0.1) is 13.8 Å². The summed E-state index contributed by atoms with van der Waals surface area (Å²) >= 11 is 1.76. The Labute approximate surface area is 112 Å². The lowest BCUT2D eigenvalue weighted by Gasteiger charge is -2.26. The summed E-state index contributed by atoms with van der Waals surface area (Å²) in [6.45, 7) is 6.63. The molecule has 1 fully saturated rings. The first kappa shape index (κ1) is 11.9. The van der Waals surface area contributed by atoms with E-state index in [1.165, 1.54) is 41.5 Å². The van der Waals surface area contributed by atoms with E-state index in [2.05, 4.69) is 36.1 Å². The average Bonchev–Trinajstić information content (AvgIpc) is 2.86. The molecule has 18 heavy (non-hydrogen) atoms. The van der Waals surface area contributed by atoms with Gasteiger partial charge in [0.05, 0.1) is 5.39 Å². The van der Waals surface area contributed by atoms with E-state index < -0.39 is 0 Å². The Balaban J connectivity index is 2.06. The Hall–Kier alpha value is -1.16. The van der Waals surface area contributed by atoms with Crippen LogP contribution in [0.4, 0.5) is 5.82 Å². The van der Waals surface area contributed by atoms with Crippen molar-refractivity contribution in [3.63, 3.8) is 0 Å². The van der Waals surface area contributed by atoms with E-state index in [9.17, 15) is 0 Å². The highest BCUT2D eigenvalue weighted by atomic mass is 32.1. The highest BCUT2D eigenvalue weighted by Crippen LogP contribution is 2.37. The Morgan fingerprint density at radius 2 is 1.94 bits per heavy atom. The van der Waals surface area contributed by atoms with Crippen molar-refractivity contribution in [3.8, 4) is 0 Å². The van der Waals surface area contributed by atoms with E-state index in [-0.39, 0.29) is 5.54 Å². The molecule has 2 aromatic rings. The van der Waals surface area contributed by atoms with Crippen molar-refractivity contribution in [3.05, 3.63) is 16.8 Å². The second-order valence-electron chi connectivity index (χ2n) is 5.58. The van der Waals surface area contributed by atoms with Crippen LogP contribution in [-0.4, -0.2) is 15.5 Å². The van der Waals surface area contributed by atoms with Gasteiger partial charge in [0, 0.05) is 10.4 Å². The molecule has 3 rings (SSSR count). The highest BCUT2D eigenvalue weighted by molar-refractivity contribution is 7.18. The van der Waals surface area contributed by atoms with Gasteiger partial charge in [0.1, 0.15) is 17.0 Å². The van der Waals surface area contributed by atoms with Gasteiger partial charge in [-0.05, 0) is 39.2 Å². The summed E-state index contributed by atoms with van der Waals surface area (Å²) in [5.74, 6) is 1.02.